The van der Waals surface area contributed by atoms with Crippen molar-refractivity contribution in [2.24, 2.45) is 0 Å². The minimum absolute atomic E-state index is 0.126. The van der Waals surface area contributed by atoms with Crippen molar-refractivity contribution < 1.29 is 9.18 Å². The van der Waals surface area contributed by atoms with Gasteiger partial charge in [-0.2, -0.15) is 11.8 Å². The quantitative estimate of drug-likeness (QED) is 0.909. The van der Waals surface area contributed by atoms with Gasteiger partial charge in [0, 0.05) is 11.8 Å². The summed E-state index contributed by atoms with van der Waals surface area (Å²) >= 11 is 1.89. The molecule has 1 saturated heterocycles. The van der Waals surface area contributed by atoms with Crippen LogP contribution in [0, 0.1) is 5.82 Å². The second-order valence-electron chi connectivity index (χ2n) is 5.12. The van der Waals surface area contributed by atoms with Crippen LogP contribution in [-0.2, 0) is 10.2 Å². The Morgan fingerprint density at radius 2 is 2.06 bits per heavy atom. The van der Waals surface area contributed by atoms with Crippen LogP contribution in [0.25, 0.3) is 0 Å². The number of halogens is 1. The van der Waals surface area contributed by atoms with Gasteiger partial charge in [-0.25, -0.2) is 4.39 Å². The summed E-state index contributed by atoms with van der Waals surface area (Å²) in [6, 6.07) is 6.68. The van der Waals surface area contributed by atoms with E-state index >= 15 is 0 Å². The molecule has 1 saturated carbocycles. The molecule has 96 valence electrons. The van der Waals surface area contributed by atoms with E-state index in [1.165, 1.54) is 12.1 Å². The van der Waals surface area contributed by atoms with Gasteiger partial charge in [-0.15, -0.1) is 0 Å². The molecule has 1 aliphatic heterocycles. The average molecular weight is 265 g/mol. The molecule has 0 radical (unpaired) electrons. The maximum Gasteiger partial charge on any atom is 0.230 e. The van der Waals surface area contributed by atoms with Gasteiger partial charge in [-0.1, -0.05) is 12.1 Å². The number of rotatable bonds is 3. The lowest BCUT2D eigenvalue weighted by molar-refractivity contribution is -0.124. The molecule has 1 amide bonds. The Kier molecular flexibility index (Phi) is 3.06. The number of amides is 1. The van der Waals surface area contributed by atoms with Gasteiger partial charge >= 0.3 is 0 Å². The average Bonchev–Trinajstić information content (AvgIpc) is 3.03. The predicted molar refractivity (Wildman–Crippen MR) is 71.2 cm³/mol. The van der Waals surface area contributed by atoms with E-state index < -0.39 is 0 Å². The number of benzene rings is 1. The van der Waals surface area contributed by atoms with Crippen molar-refractivity contribution >= 4 is 17.7 Å². The zero-order valence-corrected chi connectivity index (χ0v) is 10.9. The molecule has 1 heterocycles. The standard InChI is InChI=1S/C14H16FNOS/c15-11-3-1-10(2-4-11)14(6-7-14)13(17)16-12-5-8-18-9-12/h1-4,12H,5-9H2,(H,16,17)/t12-/m1/s1. The molecular formula is C14H16FNOS. The van der Waals surface area contributed by atoms with Gasteiger partial charge in [0.25, 0.3) is 0 Å². The Morgan fingerprint density at radius 1 is 1.33 bits per heavy atom. The van der Waals surface area contributed by atoms with Crippen molar-refractivity contribution in [3.8, 4) is 0 Å². The summed E-state index contributed by atoms with van der Waals surface area (Å²) in [6.07, 6.45) is 2.82. The third-order valence-electron chi connectivity index (χ3n) is 3.85. The van der Waals surface area contributed by atoms with Gasteiger partial charge in [-0.05, 0) is 42.7 Å². The van der Waals surface area contributed by atoms with Crippen LogP contribution in [0.1, 0.15) is 24.8 Å². The van der Waals surface area contributed by atoms with Crippen LogP contribution in [0.3, 0.4) is 0 Å². The van der Waals surface area contributed by atoms with Crippen molar-refractivity contribution in [3.63, 3.8) is 0 Å². The zero-order chi connectivity index (χ0) is 12.6. The fourth-order valence-electron chi connectivity index (χ4n) is 2.51. The summed E-state index contributed by atoms with van der Waals surface area (Å²) < 4.78 is 12.9. The van der Waals surface area contributed by atoms with E-state index in [-0.39, 0.29) is 17.1 Å². The van der Waals surface area contributed by atoms with E-state index in [0.717, 1.165) is 36.3 Å². The van der Waals surface area contributed by atoms with Crippen molar-refractivity contribution in [2.45, 2.75) is 30.7 Å². The number of nitrogens with one attached hydrogen (secondary N) is 1. The summed E-state index contributed by atoms with van der Waals surface area (Å²) in [5.41, 5.74) is 0.577. The van der Waals surface area contributed by atoms with Gasteiger partial charge < -0.3 is 5.32 Å². The summed E-state index contributed by atoms with van der Waals surface area (Å²) in [5, 5.41) is 3.14. The second kappa shape index (κ2) is 4.57. The number of hydrogen-bond donors (Lipinski definition) is 1. The largest absolute Gasteiger partial charge is 0.352 e. The molecule has 0 aromatic heterocycles. The number of thioether (sulfide) groups is 1. The molecule has 0 unspecified atom stereocenters. The molecule has 1 aliphatic carbocycles. The SMILES string of the molecule is O=C(N[C@@H]1CCSC1)C1(c2ccc(F)cc2)CC1. The van der Waals surface area contributed by atoms with E-state index in [9.17, 15) is 9.18 Å². The molecular weight excluding hydrogens is 249 g/mol. The Labute approximate surface area is 110 Å². The maximum absolute atomic E-state index is 12.9. The van der Waals surface area contributed by atoms with Crippen molar-refractivity contribution in [1.82, 2.24) is 5.32 Å². The van der Waals surface area contributed by atoms with Crippen molar-refractivity contribution in [3.05, 3.63) is 35.6 Å². The molecule has 1 atom stereocenters. The second-order valence-corrected chi connectivity index (χ2v) is 6.27. The molecule has 18 heavy (non-hydrogen) atoms. The maximum atomic E-state index is 12.9. The first kappa shape index (κ1) is 12.0. The van der Waals surface area contributed by atoms with E-state index in [4.69, 9.17) is 0 Å². The van der Waals surface area contributed by atoms with Crippen LogP contribution in [0.4, 0.5) is 4.39 Å². The molecule has 1 N–H and O–H groups in total. The molecule has 1 aromatic rings. The molecule has 4 heteroatoms. The van der Waals surface area contributed by atoms with E-state index in [0.29, 0.717) is 6.04 Å². The molecule has 0 bridgehead atoms. The minimum Gasteiger partial charge on any atom is -0.352 e. The fraction of sp³-hybridized carbons (Fsp3) is 0.500. The Bertz CT molecular complexity index is 449. The lowest BCUT2D eigenvalue weighted by Gasteiger charge is -2.19. The molecule has 3 rings (SSSR count). The smallest absolute Gasteiger partial charge is 0.230 e. The van der Waals surface area contributed by atoms with Crippen LogP contribution < -0.4 is 5.32 Å². The van der Waals surface area contributed by atoms with Gasteiger partial charge in [-0.3, -0.25) is 4.79 Å². The summed E-state index contributed by atoms with van der Waals surface area (Å²) in [5.74, 6) is 2.03. The lowest BCUT2D eigenvalue weighted by atomic mass is 9.94. The monoisotopic (exact) mass is 265 g/mol. The van der Waals surface area contributed by atoms with Gasteiger partial charge in [0.05, 0.1) is 5.41 Å². The van der Waals surface area contributed by atoms with Crippen molar-refractivity contribution in [1.29, 1.82) is 0 Å². The highest BCUT2D eigenvalue weighted by atomic mass is 32.2. The first-order valence-corrected chi connectivity index (χ1v) is 7.51. The molecule has 2 aliphatic rings. The Morgan fingerprint density at radius 3 is 2.61 bits per heavy atom. The van der Waals surface area contributed by atoms with E-state index in [1.54, 1.807) is 12.1 Å². The summed E-state index contributed by atoms with van der Waals surface area (Å²) in [4.78, 5) is 12.4. The van der Waals surface area contributed by atoms with E-state index in [2.05, 4.69) is 5.32 Å². The highest BCUT2D eigenvalue weighted by molar-refractivity contribution is 7.99. The summed E-state index contributed by atoms with van der Waals surface area (Å²) in [6.45, 7) is 0. The van der Waals surface area contributed by atoms with Crippen molar-refractivity contribution in [2.75, 3.05) is 11.5 Å². The molecule has 1 aromatic carbocycles. The van der Waals surface area contributed by atoms with Gasteiger partial charge in [0.15, 0.2) is 0 Å². The fourth-order valence-corrected chi connectivity index (χ4v) is 3.67. The van der Waals surface area contributed by atoms with Gasteiger partial charge in [0.2, 0.25) is 5.91 Å². The lowest BCUT2D eigenvalue weighted by Crippen LogP contribution is -2.41. The third-order valence-corrected chi connectivity index (χ3v) is 5.01. The van der Waals surface area contributed by atoms with Gasteiger partial charge in [0.1, 0.15) is 5.82 Å². The van der Waals surface area contributed by atoms with Crippen LogP contribution in [0.2, 0.25) is 0 Å². The zero-order valence-electron chi connectivity index (χ0n) is 10.1. The predicted octanol–water partition coefficient (Wildman–Crippen LogP) is 2.48. The van der Waals surface area contributed by atoms with E-state index in [1.807, 2.05) is 11.8 Å². The van der Waals surface area contributed by atoms with Crippen LogP contribution in [-0.4, -0.2) is 23.5 Å². The number of carbonyl (C=O) groups excluding carboxylic acids is 1. The Hall–Kier alpha value is -1.03. The highest BCUT2D eigenvalue weighted by Gasteiger charge is 2.51. The topological polar surface area (TPSA) is 29.1 Å². The molecule has 2 nitrogen and oxygen atoms in total. The number of carbonyl (C=O) groups is 1. The van der Waals surface area contributed by atoms with Crippen LogP contribution >= 0.6 is 11.8 Å². The first-order chi connectivity index (χ1) is 8.71. The summed E-state index contributed by atoms with van der Waals surface area (Å²) in [7, 11) is 0. The molecule has 0 spiro atoms. The normalized spacial score (nSPS) is 24.8. The Balaban J connectivity index is 1.73. The van der Waals surface area contributed by atoms with Crippen LogP contribution in [0.5, 0.6) is 0 Å². The number of hydrogen-bond acceptors (Lipinski definition) is 2. The third kappa shape index (κ3) is 2.14. The van der Waals surface area contributed by atoms with Crippen LogP contribution in [0.15, 0.2) is 24.3 Å². The molecule has 2 fully saturated rings. The minimum atomic E-state index is -0.374. The highest BCUT2D eigenvalue weighted by Crippen LogP contribution is 2.48. The first-order valence-electron chi connectivity index (χ1n) is 6.35.